The van der Waals surface area contributed by atoms with E-state index >= 15 is 0 Å². The van der Waals surface area contributed by atoms with Crippen LogP contribution in [0.1, 0.15) is 50.3 Å². The Balaban J connectivity index is 2.20. The minimum atomic E-state index is 0.186. The van der Waals surface area contributed by atoms with Crippen LogP contribution in [0, 0.1) is 0 Å². The van der Waals surface area contributed by atoms with Crippen LogP contribution in [0.2, 0.25) is 0 Å². The zero-order valence-corrected chi connectivity index (χ0v) is 13.2. The molecular formula is C16H25N5. The van der Waals surface area contributed by atoms with Crippen LogP contribution in [0.5, 0.6) is 0 Å². The molecule has 1 atom stereocenters. The number of nitrogens with zero attached hydrogens (tertiary/aromatic N) is 4. The van der Waals surface area contributed by atoms with Crippen molar-refractivity contribution in [2.24, 2.45) is 0 Å². The van der Waals surface area contributed by atoms with Crippen LogP contribution in [0.25, 0.3) is 0 Å². The molecule has 1 unspecified atom stereocenters. The number of hydrogen-bond acceptors (Lipinski definition) is 4. The van der Waals surface area contributed by atoms with Gasteiger partial charge in [-0.05, 0) is 32.4 Å². The molecule has 0 amide bonds. The zero-order valence-electron chi connectivity index (χ0n) is 13.2. The second-order valence-electron chi connectivity index (χ2n) is 5.14. The van der Waals surface area contributed by atoms with Gasteiger partial charge in [0, 0.05) is 37.3 Å². The molecule has 21 heavy (non-hydrogen) atoms. The normalized spacial score (nSPS) is 12.5. The van der Waals surface area contributed by atoms with E-state index in [1.807, 2.05) is 6.20 Å². The van der Waals surface area contributed by atoms with Gasteiger partial charge in [0.15, 0.2) is 0 Å². The van der Waals surface area contributed by atoms with Gasteiger partial charge in [-0.1, -0.05) is 13.8 Å². The molecule has 0 aliphatic rings. The Bertz CT molecular complexity index is 535. The Morgan fingerprint density at radius 1 is 1.24 bits per heavy atom. The number of nitrogens with one attached hydrogen (secondary N) is 1. The highest BCUT2D eigenvalue weighted by Gasteiger charge is 2.16. The lowest BCUT2D eigenvalue weighted by Gasteiger charge is -2.18. The fraction of sp³-hybridized carbons (Fsp3) is 0.562. The lowest BCUT2D eigenvalue weighted by atomic mass is 10.1. The van der Waals surface area contributed by atoms with Crippen LogP contribution in [-0.2, 0) is 19.4 Å². The monoisotopic (exact) mass is 287 g/mol. The average molecular weight is 287 g/mol. The topological polar surface area (TPSA) is 55.6 Å². The van der Waals surface area contributed by atoms with Gasteiger partial charge in [0.1, 0.15) is 0 Å². The van der Waals surface area contributed by atoms with Crippen molar-refractivity contribution < 1.29 is 0 Å². The van der Waals surface area contributed by atoms with Crippen molar-refractivity contribution in [2.45, 2.75) is 52.6 Å². The summed E-state index contributed by atoms with van der Waals surface area (Å²) in [6, 6.07) is 2.39. The molecule has 0 aliphatic heterocycles. The van der Waals surface area contributed by atoms with E-state index in [1.54, 1.807) is 12.4 Å². The van der Waals surface area contributed by atoms with Gasteiger partial charge in [-0.2, -0.15) is 5.10 Å². The molecule has 0 aliphatic carbocycles. The van der Waals surface area contributed by atoms with Crippen LogP contribution >= 0.6 is 0 Å². The van der Waals surface area contributed by atoms with Crippen molar-refractivity contribution in [1.29, 1.82) is 0 Å². The van der Waals surface area contributed by atoms with Crippen LogP contribution in [0.4, 0.5) is 0 Å². The summed E-state index contributed by atoms with van der Waals surface area (Å²) in [6.07, 6.45) is 8.28. The van der Waals surface area contributed by atoms with E-state index in [-0.39, 0.29) is 6.04 Å². The summed E-state index contributed by atoms with van der Waals surface area (Å²) in [4.78, 5) is 8.65. The zero-order chi connectivity index (χ0) is 15.1. The van der Waals surface area contributed by atoms with Crippen molar-refractivity contribution in [3.8, 4) is 0 Å². The van der Waals surface area contributed by atoms with Gasteiger partial charge >= 0.3 is 0 Å². The summed E-state index contributed by atoms with van der Waals surface area (Å²) in [5.74, 6) is 0. The standard InChI is InChI=1S/C16H25N5/c1-4-7-18-15(16-12-17-8-9-19-16)11-14-10-13(5-2)20-21(14)6-3/h8-10,12,15,18H,4-7,11H2,1-3H3. The van der Waals surface area contributed by atoms with Gasteiger partial charge in [-0.3, -0.25) is 14.6 Å². The highest BCUT2D eigenvalue weighted by molar-refractivity contribution is 5.15. The van der Waals surface area contributed by atoms with E-state index in [2.05, 4.69) is 51.9 Å². The van der Waals surface area contributed by atoms with E-state index in [9.17, 15) is 0 Å². The SMILES string of the molecule is CCCNC(Cc1cc(CC)nn1CC)c1cnccn1. The number of rotatable bonds is 8. The van der Waals surface area contributed by atoms with Crippen LogP contribution in [0.15, 0.2) is 24.7 Å². The summed E-state index contributed by atoms with van der Waals surface area (Å²) in [5, 5.41) is 8.20. The minimum Gasteiger partial charge on any atom is -0.308 e. The molecule has 114 valence electrons. The van der Waals surface area contributed by atoms with E-state index in [0.717, 1.165) is 43.7 Å². The number of aryl methyl sites for hydroxylation is 2. The fourth-order valence-electron chi connectivity index (χ4n) is 2.43. The van der Waals surface area contributed by atoms with Crippen molar-refractivity contribution in [2.75, 3.05) is 6.54 Å². The highest BCUT2D eigenvalue weighted by atomic mass is 15.3. The largest absolute Gasteiger partial charge is 0.308 e. The number of hydrogen-bond donors (Lipinski definition) is 1. The highest BCUT2D eigenvalue weighted by Crippen LogP contribution is 2.17. The second kappa shape index (κ2) is 7.88. The Morgan fingerprint density at radius 3 is 2.71 bits per heavy atom. The Morgan fingerprint density at radius 2 is 2.10 bits per heavy atom. The molecule has 2 heterocycles. The molecule has 0 spiro atoms. The summed E-state index contributed by atoms with van der Waals surface area (Å²) >= 11 is 0. The van der Waals surface area contributed by atoms with Gasteiger partial charge in [0.05, 0.1) is 17.4 Å². The molecule has 2 rings (SSSR count). The molecule has 0 bridgehead atoms. The van der Waals surface area contributed by atoms with Gasteiger partial charge < -0.3 is 5.32 Å². The molecule has 5 heteroatoms. The van der Waals surface area contributed by atoms with Crippen molar-refractivity contribution in [1.82, 2.24) is 25.1 Å². The Hall–Kier alpha value is -1.75. The smallest absolute Gasteiger partial charge is 0.0760 e. The van der Waals surface area contributed by atoms with Gasteiger partial charge in [-0.25, -0.2) is 0 Å². The lowest BCUT2D eigenvalue weighted by molar-refractivity contribution is 0.492. The quantitative estimate of drug-likeness (QED) is 0.810. The Labute approximate surface area is 126 Å². The molecule has 1 N–H and O–H groups in total. The first kappa shape index (κ1) is 15.6. The molecule has 2 aromatic heterocycles. The maximum Gasteiger partial charge on any atom is 0.0760 e. The molecule has 0 saturated heterocycles. The van der Waals surface area contributed by atoms with E-state index in [4.69, 9.17) is 0 Å². The van der Waals surface area contributed by atoms with Crippen molar-refractivity contribution >= 4 is 0 Å². The first-order valence-electron chi connectivity index (χ1n) is 7.83. The third-order valence-electron chi connectivity index (χ3n) is 3.57. The molecule has 0 fully saturated rings. The van der Waals surface area contributed by atoms with Gasteiger partial charge in [0.2, 0.25) is 0 Å². The number of aromatic nitrogens is 4. The van der Waals surface area contributed by atoms with E-state index < -0.39 is 0 Å². The predicted molar refractivity (Wildman–Crippen MR) is 84.0 cm³/mol. The summed E-state index contributed by atoms with van der Waals surface area (Å²) < 4.78 is 2.09. The summed E-state index contributed by atoms with van der Waals surface area (Å²) in [5.41, 5.74) is 3.40. The molecule has 0 saturated carbocycles. The second-order valence-corrected chi connectivity index (χ2v) is 5.14. The summed E-state index contributed by atoms with van der Waals surface area (Å²) in [7, 11) is 0. The maximum atomic E-state index is 4.63. The van der Waals surface area contributed by atoms with Gasteiger partial charge in [0.25, 0.3) is 0 Å². The first-order chi connectivity index (χ1) is 10.3. The van der Waals surface area contributed by atoms with E-state index in [1.165, 1.54) is 5.69 Å². The Kier molecular flexibility index (Phi) is 5.87. The van der Waals surface area contributed by atoms with E-state index in [0.29, 0.717) is 0 Å². The van der Waals surface area contributed by atoms with Crippen molar-refractivity contribution in [3.05, 3.63) is 41.7 Å². The summed E-state index contributed by atoms with van der Waals surface area (Å²) in [6.45, 7) is 8.32. The third kappa shape index (κ3) is 4.11. The molecule has 2 aromatic rings. The maximum absolute atomic E-state index is 4.63. The molecule has 0 radical (unpaired) electrons. The van der Waals surface area contributed by atoms with Crippen LogP contribution in [-0.4, -0.2) is 26.3 Å². The minimum absolute atomic E-state index is 0.186. The first-order valence-corrected chi connectivity index (χ1v) is 7.83. The van der Waals surface area contributed by atoms with Crippen LogP contribution < -0.4 is 5.32 Å². The van der Waals surface area contributed by atoms with Crippen LogP contribution in [0.3, 0.4) is 0 Å². The molecule has 5 nitrogen and oxygen atoms in total. The fourth-order valence-corrected chi connectivity index (χ4v) is 2.43. The third-order valence-corrected chi connectivity index (χ3v) is 3.57. The van der Waals surface area contributed by atoms with Gasteiger partial charge in [-0.15, -0.1) is 0 Å². The lowest BCUT2D eigenvalue weighted by Crippen LogP contribution is -2.26. The average Bonchev–Trinajstić information content (AvgIpc) is 2.94. The van der Waals surface area contributed by atoms with Crippen molar-refractivity contribution in [3.63, 3.8) is 0 Å². The molecular weight excluding hydrogens is 262 g/mol. The molecule has 0 aromatic carbocycles. The predicted octanol–water partition coefficient (Wildman–Crippen LogP) is 2.54.